The van der Waals surface area contributed by atoms with Gasteiger partial charge in [0.25, 0.3) is 0 Å². The van der Waals surface area contributed by atoms with Crippen LogP contribution in [0.15, 0.2) is 0 Å². The smallest absolute Gasteiger partial charge is 0.759 e. The normalized spacial score (nSPS) is 8.29. The quantitative estimate of drug-likeness (QED) is 0.207. The molecule has 10 N–H and O–H groups in total. The van der Waals surface area contributed by atoms with Gasteiger partial charge in [-0.2, -0.15) is 8.42 Å². The molecule has 0 aromatic rings. The van der Waals surface area contributed by atoms with E-state index in [1.165, 1.54) is 0 Å². The van der Waals surface area contributed by atoms with Crippen molar-refractivity contribution in [3.05, 3.63) is 0 Å². The molecule has 14 heavy (non-hydrogen) atoms. The van der Waals surface area contributed by atoms with Gasteiger partial charge >= 0.3 is 29.9 Å². The van der Waals surface area contributed by atoms with Crippen molar-refractivity contribution in [3.8, 4) is 0 Å². The Morgan fingerprint density at radius 3 is 0.857 bits per heavy atom. The van der Waals surface area contributed by atoms with E-state index in [1.54, 1.807) is 0 Å². The van der Waals surface area contributed by atoms with Crippen LogP contribution in [0.5, 0.6) is 0 Å². The van der Waals surface area contributed by atoms with Crippen LogP contribution in [0.2, 0.25) is 0 Å². The molecule has 0 amide bonds. The summed E-state index contributed by atoms with van der Waals surface area (Å²) in [6.45, 7) is 0. The second kappa shape index (κ2) is 13.2. The van der Waals surface area contributed by atoms with Gasteiger partial charge in [-0.05, 0) is 0 Å². The third-order valence-electron chi connectivity index (χ3n) is 0. The van der Waals surface area contributed by atoms with Gasteiger partial charge in [-0.25, -0.2) is 0 Å². The molecule has 0 saturated carbocycles. The van der Waals surface area contributed by atoms with E-state index >= 15 is 0 Å². The van der Waals surface area contributed by atoms with E-state index in [9.17, 15) is 0 Å². The fourth-order valence-electron chi connectivity index (χ4n) is 0. The Hall–Kier alpha value is 0.243. The van der Waals surface area contributed by atoms with Crippen LogP contribution in [0.25, 0.3) is 0 Å². The van der Waals surface area contributed by atoms with Gasteiger partial charge in [-0.3, -0.25) is 17.5 Å². The van der Waals surface area contributed by atoms with Crippen molar-refractivity contribution in [2.75, 3.05) is 0 Å². The maximum atomic E-state index is 8.74. The van der Waals surface area contributed by atoms with Crippen LogP contribution in [0.1, 0.15) is 0 Å². The second-order valence-electron chi connectivity index (χ2n) is 0.856. The zero-order chi connectivity index (χ0) is 9.00. The van der Waals surface area contributed by atoms with Gasteiger partial charge in [-0.1, -0.05) is 0 Å². The summed E-state index contributed by atoms with van der Waals surface area (Å²) in [6, 6.07) is 0. The van der Waals surface area contributed by atoms with Gasteiger partial charge in [0.1, 0.15) is 0 Å². The van der Waals surface area contributed by atoms with Gasteiger partial charge in [0.05, 0.1) is 0 Å². The Morgan fingerprint density at radius 2 is 0.857 bits per heavy atom. The zero-order valence-electron chi connectivity index (χ0n) is 6.78. The Kier molecular flexibility index (Phi) is 34.8. The second-order valence-corrected chi connectivity index (χ2v) is 2.57. The van der Waals surface area contributed by atoms with E-state index in [1.807, 2.05) is 0 Å². The molecule has 0 heterocycles. The van der Waals surface area contributed by atoms with E-state index in [-0.39, 0.29) is 37.3 Å². The molecule has 0 spiro atoms. The average Bonchev–Trinajstić information content (AvgIpc) is 1.12. The molecule has 0 radical (unpaired) electrons. The van der Waals surface area contributed by atoms with Crippen molar-refractivity contribution in [1.29, 1.82) is 0 Å². The maximum absolute atomic E-state index is 8.74. The fourth-order valence-corrected chi connectivity index (χ4v) is 0. The minimum atomic E-state index is -5.17. The van der Waals surface area contributed by atoms with Crippen LogP contribution in [-0.4, -0.2) is 40.5 Å². The van der Waals surface area contributed by atoms with E-state index in [0.29, 0.717) is 0 Å². The molecule has 0 aromatic heterocycles. The summed E-state index contributed by atoms with van der Waals surface area (Å²) in [7, 11) is -9.83. The molecular weight excluding hydrogens is 302 g/mol. The molecule has 14 heteroatoms. The van der Waals surface area contributed by atoms with Crippen molar-refractivity contribution >= 4 is 20.8 Å². The SMILES string of the molecule is N.N.O.O=S(=O)(O)O.O=S(=O)([O-])[O-].[Zn+2]. The Balaban J connectivity index is -0.0000000178. The monoisotopic (exact) mass is 310 g/mol. The number of hydrogen-bond donors (Lipinski definition) is 4. The molecular formula is H10N2O9S2Zn. The van der Waals surface area contributed by atoms with Crippen LogP contribution in [0.3, 0.4) is 0 Å². The van der Waals surface area contributed by atoms with Crippen molar-refractivity contribution in [2.24, 2.45) is 0 Å². The van der Waals surface area contributed by atoms with Crippen LogP contribution in [-0.2, 0) is 40.3 Å². The Labute approximate surface area is 93.3 Å². The first-order chi connectivity index (χ1) is 4.00. The topological polar surface area (TPSA) is 256 Å². The molecule has 0 aromatic carbocycles. The molecule has 0 saturated heterocycles. The third kappa shape index (κ3) is 26100. The summed E-state index contributed by atoms with van der Waals surface area (Å²) in [5, 5.41) is 0. The standard InChI is InChI=1S/2H3N.2H2O4S.H2O.Zn/c;;2*1-5(2,3)4;;/h2*1H3;2*(H2,1,2,3,4);1H2;/q;;;;;+2/p-2. The summed E-state index contributed by atoms with van der Waals surface area (Å²) >= 11 is 0. The molecule has 11 nitrogen and oxygen atoms in total. The van der Waals surface area contributed by atoms with Crippen molar-refractivity contribution in [3.63, 3.8) is 0 Å². The van der Waals surface area contributed by atoms with Gasteiger partial charge in [0.2, 0.25) is 0 Å². The summed E-state index contributed by atoms with van der Waals surface area (Å²) in [4.78, 5) is 0. The van der Waals surface area contributed by atoms with Crippen molar-refractivity contribution < 1.29 is 60.0 Å². The average molecular weight is 312 g/mol. The Morgan fingerprint density at radius 1 is 0.857 bits per heavy atom. The van der Waals surface area contributed by atoms with Gasteiger partial charge in [0.15, 0.2) is 0 Å². The molecule has 0 bridgehead atoms. The molecule has 88 valence electrons. The van der Waals surface area contributed by atoms with Crippen LogP contribution in [0.4, 0.5) is 0 Å². The van der Waals surface area contributed by atoms with Gasteiger partial charge in [0, 0.05) is 10.4 Å². The first-order valence-electron chi connectivity index (χ1n) is 1.37. The molecule has 0 atom stereocenters. The van der Waals surface area contributed by atoms with Gasteiger partial charge < -0.3 is 26.9 Å². The van der Waals surface area contributed by atoms with E-state index < -0.39 is 20.8 Å². The molecule has 0 aliphatic rings. The van der Waals surface area contributed by atoms with E-state index in [2.05, 4.69) is 0 Å². The van der Waals surface area contributed by atoms with E-state index in [0.717, 1.165) is 0 Å². The Bertz CT molecular complexity index is 217. The molecule has 0 aliphatic heterocycles. The summed E-state index contributed by atoms with van der Waals surface area (Å²) < 4.78 is 65.7. The largest absolute Gasteiger partial charge is 2.00 e. The maximum Gasteiger partial charge on any atom is 2.00 e. The minimum absolute atomic E-state index is 0. The fraction of sp³-hybridized carbons (Fsp3) is 0. The van der Waals surface area contributed by atoms with Crippen LogP contribution < -0.4 is 12.3 Å². The van der Waals surface area contributed by atoms with Crippen LogP contribution in [0, 0.1) is 0 Å². The molecule has 0 rings (SSSR count). The van der Waals surface area contributed by atoms with E-state index in [4.69, 9.17) is 35.0 Å². The number of rotatable bonds is 0. The predicted molar refractivity (Wildman–Crippen MR) is 38.3 cm³/mol. The summed E-state index contributed by atoms with van der Waals surface area (Å²) in [5.41, 5.74) is 0. The molecule has 0 unspecified atom stereocenters. The summed E-state index contributed by atoms with van der Waals surface area (Å²) in [6.07, 6.45) is 0. The van der Waals surface area contributed by atoms with Crippen molar-refractivity contribution in [1.82, 2.24) is 12.3 Å². The predicted octanol–water partition coefficient (Wildman–Crippen LogP) is -2.49. The zero-order valence-corrected chi connectivity index (χ0v) is 11.4. The first-order valence-corrected chi connectivity index (χ1v) is 4.10. The third-order valence-corrected chi connectivity index (χ3v) is 0. The number of hydrogen-bond acceptors (Lipinski definition) is 8. The van der Waals surface area contributed by atoms with Gasteiger partial charge in [-0.15, -0.1) is 0 Å². The molecule has 0 fully saturated rings. The summed E-state index contributed by atoms with van der Waals surface area (Å²) in [5.74, 6) is 0. The minimum Gasteiger partial charge on any atom is -0.759 e. The van der Waals surface area contributed by atoms with Crippen molar-refractivity contribution in [2.45, 2.75) is 0 Å². The first kappa shape index (κ1) is 36.8. The molecule has 0 aliphatic carbocycles. The van der Waals surface area contributed by atoms with Crippen LogP contribution >= 0.6 is 0 Å².